The number of hydrogen-bond acceptors (Lipinski definition) is 4. The molecule has 1 aliphatic heterocycles. The summed E-state index contributed by atoms with van der Waals surface area (Å²) in [5.41, 5.74) is 5.50. The van der Waals surface area contributed by atoms with E-state index in [2.05, 4.69) is 4.90 Å². The Morgan fingerprint density at radius 3 is 2.22 bits per heavy atom. The molecule has 0 atom stereocenters. The van der Waals surface area contributed by atoms with E-state index in [9.17, 15) is 8.42 Å². The molecule has 0 amide bonds. The van der Waals surface area contributed by atoms with Gasteiger partial charge in [-0.3, -0.25) is 4.90 Å². The van der Waals surface area contributed by atoms with E-state index in [0.717, 1.165) is 38.8 Å². The van der Waals surface area contributed by atoms with Gasteiger partial charge in [0.2, 0.25) is 10.0 Å². The van der Waals surface area contributed by atoms with E-state index in [4.69, 9.17) is 18.0 Å². The maximum Gasteiger partial charge on any atom is 0.217 e. The summed E-state index contributed by atoms with van der Waals surface area (Å²) >= 11 is 4.87. The topological polar surface area (TPSA) is 66.6 Å². The van der Waals surface area contributed by atoms with Crippen molar-refractivity contribution >= 4 is 27.2 Å². The first-order valence-electron chi connectivity index (χ1n) is 6.50. The van der Waals surface area contributed by atoms with Crippen molar-refractivity contribution in [3.63, 3.8) is 0 Å². The van der Waals surface area contributed by atoms with Crippen molar-refractivity contribution < 1.29 is 8.42 Å². The Kier molecular flexibility index (Phi) is 4.58. The van der Waals surface area contributed by atoms with E-state index in [0.29, 0.717) is 24.6 Å². The van der Waals surface area contributed by atoms with Crippen LogP contribution in [-0.2, 0) is 10.0 Å². The average molecular weight is 291 g/mol. The van der Waals surface area contributed by atoms with Crippen molar-refractivity contribution in [3.05, 3.63) is 0 Å². The number of thiocarbonyl (C=S) groups is 1. The quantitative estimate of drug-likeness (QED) is 0.748. The zero-order valence-electron chi connectivity index (χ0n) is 10.5. The lowest BCUT2D eigenvalue weighted by Crippen LogP contribution is -2.52. The first-order chi connectivity index (χ1) is 8.50. The van der Waals surface area contributed by atoms with Gasteiger partial charge in [0, 0.05) is 32.7 Å². The van der Waals surface area contributed by atoms with Crippen LogP contribution in [0.15, 0.2) is 0 Å². The second kappa shape index (κ2) is 5.81. The van der Waals surface area contributed by atoms with E-state index in [1.54, 1.807) is 4.31 Å². The summed E-state index contributed by atoms with van der Waals surface area (Å²) < 4.78 is 26.4. The minimum absolute atomic E-state index is 0.139. The summed E-state index contributed by atoms with van der Waals surface area (Å²) in [5, 5.41) is -0.139. The van der Waals surface area contributed by atoms with Crippen LogP contribution in [0, 0.1) is 0 Å². The van der Waals surface area contributed by atoms with Gasteiger partial charge in [-0.15, -0.1) is 0 Å². The van der Waals surface area contributed by atoms with Crippen LogP contribution in [0.3, 0.4) is 0 Å². The number of nitrogens with two attached hydrogens (primary N) is 1. The zero-order chi connectivity index (χ0) is 13.2. The third-order valence-electron chi connectivity index (χ3n) is 3.79. The van der Waals surface area contributed by atoms with Crippen LogP contribution in [-0.4, -0.2) is 60.6 Å². The van der Waals surface area contributed by atoms with Gasteiger partial charge in [-0.25, -0.2) is 8.42 Å². The molecule has 7 heteroatoms. The van der Waals surface area contributed by atoms with Crippen molar-refractivity contribution in [2.24, 2.45) is 5.73 Å². The molecule has 2 fully saturated rings. The van der Waals surface area contributed by atoms with E-state index >= 15 is 0 Å². The van der Waals surface area contributed by atoms with Crippen LogP contribution in [0.2, 0.25) is 0 Å². The maximum absolute atomic E-state index is 12.4. The molecule has 0 radical (unpaired) electrons. The van der Waals surface area contributed by atoms with Crippen LogP contribution < -0.4 is 5.73 Å². The minimum atomic E-state index is -3.07. The lowest BCUT2D eigenvalue weighted by atomic mass is 10.3. The molecule has 0 unspecified atom stereocenters. The first-order valence-corrected chi connectivity index (χ1v) is 8.41. The van der Waals surface area contributed by atoms with Gasteiger partial charge in [-0.2, -0.15) is 4.31 Å². The van der Waals surface area contributed by atoms with Crippen molar-refractivity contribution in [1.29, 1.82) is 0 Å². The molecule has 2 aliphatic rings. The van der Waals surface area contributed by atoms with Crippen LogP contribution in [0.4, 0.5) is 0 Å². The molecule has 2 rings (SSSR count). The largest absolute Gasteiger partial charge is 0.392 e. The number of rotatable bonds is 4. The second-order valence-corrected chi connectivity index (χ2v) is 7.83. The van der Waals surface area contributed by atoms with Crippen molar-refractivity contribution in [3.8, 4) is 0 Å². The predicted octanol–water partition coefficient (Wildman–Crippen LogP) is 0.163. The molecule has 0 bridgehead atoms. The molecule has 104 valence electrons. The number of sulfonamides is 1. The molecule has 1 saturated heterocycles. The SMILES string of the molecule is NC(=S)CN1CCN(S(=O)(=O)C2CCCC2)CC1. The lowest BCUT2D eigenvalue weighted by molar-refractivity contribution is 0.208. The van der Waals surface area contributed by atoms with Gasteiger partial charge in [0.05, 0.1) is 10.2 Å². The number of piperazine rings is 1. The highest BCUT2D eigenvalue weighted by molar-refractivity contribution is 7.89. The van der Waals surface area contributed by atoms with Gasteiger partial charge < -0.3 is 5.73 Å². The zero-order valence-corrected chi connectivity index (χ0v) is 12.2. The monoisotopic (exact) mass is 291 g/mol. The normalized spacial score (nSPS) is 24.4. The molecule has 0 aromatic rings. The third kappa shape index (κ3) is 3.20. The van der Waals surface area contributed by atoms with Gasteiger partial charge in [0.15, 0.2) is 0 Å². The highest BCUT2D eigenvalue weighted by Gasteiger charge is 2.35. The molecular formula is C11H21N3O2S2. The van der Waals surface area contributed by atoms with Crippen molar-refractivity contribution in [1.82, 2.24) is 9.21 Å². The van der Waals surface area contributed by atoms with E-state index in [1.807, 2.05) is 0 Å². The Bertz CT molecular complexity index is 397. The van der Waals surface area contributed by atoms with Gasteiger partial charge in [0.25, 0.3) is 0 Å². The van der Waals surface area contributed by atoms with Gasteiger partial charge >= 0.3 is 0 Å². The standard InChI is InChI=1S/C11H21N3O2S2/c12-11(17)9-13-5-7-14(8-6-13)18(15,16)10-3-1-2-4-10/h10H,1-9H2,(H2,12,17). The summed E-state index contributed by atoms with van der Waals surface area (Å²) in [6, 6.07) is 0. The molecule has 0 aromatic carbocycles. The van der Waals surface area contributed by atoms with Crippen LogP contribution in [0.25, 0.3) is 0 Å². The Labute approximate surface area is 114 Å². The molecule has 5 nitrogen and oxygen atoms in total. The fourth-order valence-electron chi connectivity index (χ4n) is 2.76. The second-order valence-electron chi connectivity index (χ2n) is 5.09. The van der Waals surface area contributed by atoms with Crippen LogP contribution in [0.1, 0.15) is 25.7 Å². The van der Waals surface area contributed by atoms with E-state index in [1.165, 1.54) is 0 Å². The van der Waals surface area contributed by atoms with Crippen molar-refractivity contribution in [2.75, 3.05) is 32.7 Å². The third-order valence-corrected chi connectivity index (χ3v) is 6.32. The molecular weight excluding hydrogens is 270 g/mol. The fourth-order valence-corrected chi connectivity index (χ4v) is 4.97. The Morgan fingerprint density at radius 1 is 1.17 bits per heavy atom. The highest BCUT2D eigenvalue weighted by atomic mass is 32.2. The Morgan fingerprint density at radius 2 is 1.72 bits per heavy atom. The Hall–Kier alpha value is -0.240. The molecule has 1 saturated carbocycles. The number of nitrogens with zero attached hydrogens (tertiary/aromatic N) is 2. The lowest BCUT2D eigenvalue weighted by Gasteiger charge is -2.35. The highest BCUT2D eigenvalue weighted by Crippen LogP contribution is 2.27. The molecule has 0 aromatic heterocycles. The summed E-state index contributed by atoms with van der Waals surface area (Å²) in [6.07, 6.45) is 3.75. The fraction of sp³-hybridized carbons (Fsp3) is 0.909. The molecule has 2 N–H and O–H groups in total. The summed E-state index contributed by atoms with van der Waals surface area (Å²) in [7, 11) is -3.07. The van der Waals surface area contributed by atoms with Crippen molar-refractivity contribution in [2.45, 2.75) is 30.9 Å². The van der Waals surface area contributed by atoms with Crippen LogP contribution in [0.5, 0.6) is 0 Å². The summed E-state index contributed by atoms with van der Waals surface area (Å²) in [5.74, 6) is 0. The minimum Gasteiger partial charge on any atom is -0.392 e. The first kappa shape index (κ1) is 14.2. The average Bonchev–Trinajstić information content (AvgIpc) is 2.83. The van der Waals surface area contributed by atoms with E-state index < -0.39 is 10.0 Å². The van der Waals surface area contributed by atoms with Gasteiger partial charge in [-0.1, -0.05) is 25.1 Å². The summed E-state index contributed by atoms with van der Waals surface area (Å²) in [6.45, 7) is 3.18. The van der Waals surface area contributed by atoms with Gasteiger partial charge in [-0.05, 0) is 12.8 Å². The number of hydrogen-bond donors (Lipinski definition) is 1. The van der Waals surface area contributed by atoms with Crippen LogP contribution >= 0.6 is 12.2 Å². The van der Waals surface area contributed by atoms with Gasteiger partial charge in [0.1, 0.15) is 0 Å². The predicted molar refractivity (Wildman–Crippen MR) is 76.0 cm³/mol. The Balaban J connectivity index is 1.90. The smallest absolute Gasteiger partial charge is 0.217 e. The molecule has 1 heterocycles. The maximum atomic E-state index is 12.4. The molecule has 18 heavy (non-hydrogen) atoms. The molecule has 0 spiro atoms. The van der Waals surface area contributed by atoms with E-state index in [-0.39, 0.29) is 5.25 Å². The summed E-state index contributed by atoms with van der Waals surface area (Å²) in [4.78, 5) is 2.59. The molecule has 1 aliphatic carbocycles.